The molecule has 0 radical (unpaired) electrons. The SMILES string of the molecule is O=C1NC(C(=O)NC2CCNC3(CCCCC3)C2)CS1. The Morgan fingerprint density at radius 1 is 1.30 bits per heavy atom. The lowest BCUT2D eigenvalue weighted by atomic mass is 9.75. The summed E-state index contributed by atoms with van der Waals surface area (Å²) in [5, 5.41) is 9.46. The van der Waals surface area contributed by atoms with Crippen LogP contribution in [0.2, 0.25) is 0 Å². The Morgan fingerprint density at radius 3 is 2.80 bits per heavy atom. The maximum absolute atomic E-state index is 12.2. The normalized spacial score (nSPS) is 32.9. The molecule has 0 aromatic heterocycles. The molecule has 3 aliphatic rings. The predicted molar refractivity (Wildman–Crippen MR) is 79.8 cm³/mol. The van der Waals surface area contributed by atoms with E-state index in [1.807, 2.05) is 0 Å². The van der Waals surface area contributed by atoms with Gasteiger partial charge in [-0.1, -0.05) is 31.0 Å². The third kappa shape index (κ3) is 3.11. The van der Waals surface area contributed by atoms with Crippen LogP contribution < -0.4 is 16.0 Å². The molecule has 3 fully saturated rings. The Bertz CT molecular complexity index is 390. The Morgan fingerprint density at radius 2 is 2.10 bits per heavy atom. The fraction of sp³-hybridized carbons (Fsp3) is 0.857. The molecule has 0 bridgehead atoms. The van der Waals surface area contributed by atoms with Gasteiger partial charge in [-0.15, -0.1) is 0 Å². The highest BCUT2D eigenvalue weighted by Crippen LogP contribution is 2.34. The van der Waals surface area contributed by atoms with E-state index in [2.05, 4.69) is 16.0 Å². The van der Waals surface area contributed by atoms with Gasteiger partial charge in [-0.2, -0.15) is 0 Å². The standard InChI is InChI=1S/C14H23N3O2S/c18-12(11-9-20-13(19)17-11)16-10-4-7-15-14(8-10)5-2-1-3-6-14/h10-11,15H,1-9H2,(H,16,18)(H,17,19). The molecule has 3 rings (SSSR count). The first-order valence-electron chi connectivity index (χ1n) is 7.66. The van der Waals surface area contributed by atoms with E-state index in [-0.39, 0.29) is 28.8 Å². The van der Waals surface area contributed by atoms with Crippen LogP contribution in [0.5, 0.6) is 0 Å². The van der Waals surface area contributed by atoms with Crippen LogP contribution in [-0.2, 0) is 4.79 Å². The summed E-state index contributed by atoms with van der Waals surface area (Å²) in [6, 6.07) is -0.0888. The van der Waals surface area contributed by atoms with Gasteiger partial charge in [0, 0.05) is 17.3 Å². The summed E-state index contributed by atoms with van der Waals surface area (Å²) in [6.07, 6.45) is 8.41. The molecular weight excluding hydrogens is 274 g/mol. The highest BCUT2D eigenvalue weighted by Gasteiger charge is 2.38. The van der Waals surface area contributed by atoms with Crippen molar-refractivity contribution in [3.63, 3.8) is 0 Å². The smallest absolute Gasteiger partial charge is 0.279 e. The first kappa shape index (κ1) is 14.2. The van der Waals surface area contributed by atoms with Crippen molar-refractivity contribution in [3.05, 3.63) is 0 Å². The van der Waals surface area contributed by atoms with Crippen molar-refractivity contribution in [1.82, 2.24) is 16.0 Å². The van der Waals surface area contributed by atoms with Gasteiger partial charge >= 0.3 is 0 Å². The van der Waals surface area contributed by atoms with Crippen molar-refractivity contribution >= 4 is 22.9 Å². The maximum atomic E-state index is 12.2. The number of nitrogens with one attached hydrogen (secondary N) is 3. The molecule has 3 N–H and O–H groups in total. The number of piperidine rings is 1. The van der Waals surface area contributed by atoms with E-state index in [0.717, 1.165) is 19.4 Å². The third-order valence-corrected chi connectivity index (χ3v) is 5.66. The predicted octanol–water partition coefficient (Wildman–Crippen LogP) is 1.38. The van der Waals surface area contributed by atoms with Crippen LogP contribution >= 0.6 is 11.8 Å². The molecule has 0 aromatic carbocycles. The number of hydrogen-bond donors (Lipinski definition) is 3. The van der Waals surface area contributed by atoms with Crippen LogP contribution in [0.3, 0.4) is 0 Å². The number of rotatable bonds is 2. The first-order valence-corrected chi connectivity index (χ1v) is 8.64. The minimum Gasteiger partial charge on any atom is -0.351 e. The van der Waals surface area contributed by atoms with Crippen LogP contribution in [-0.4, -0.2) is 41.1 Å². The molecule has 2 saturated heterocycles. The molecule has 1 spiro atoms. The van der Waals surface area contributed by atoms with Gasteiger partial charge in [-0.3, -0.25) is 9.59 Å². The summed E-state index contributed by atoms with van der Waals surface area (Å²) < 4.78 is 0. The molecule has 2 amide bonds. The second kappa shape index (κ2) is 5.93. The zero-order valence-electron chi connectivity index (χ0n) is 11.7. The Labute approximate surface area is 124 Å². The molecular formula is C14H23N3O2S. The van der Waals surface area contributed by atoms with E-state index in [0.29, 0.717) is 5.75 Å². The monoisotopic (exact) mass is 297 g/mol. The molecule has 0 aromatic rings. The van der Waals surface area contributed by atoms with Crippen LogP contribution in [0, 0.1) is 0 Å². The van der Waals surface area contributed by atoms with Gasteiger partial charge in [-0.05, 0) is 32.2 Å². The fourth-order valence-electron chi connectivity index (χ4n) is 3.72. The second-order valence-corrected chi connectivity index (χ2v) is 7.25. The highest BCUT2D eigenvalue weighted by atomic mass is 32.2. The van der Waals surface area contributed by atoms with Crippen molar-refractivity contribution in [1.29, 1.82) is 0 Å². The van der Waals surface area contributed by atoms with E-state index < -0.39 is 0 Å². The third-order valence-electron chi connectivity index (χ3n) is 4.78. The summed E-state index contributed by atoms with van der Waals surface area (Å²) in [7, 11) is 0. The van der Waals surface area contributed by atoms with E-state index in [1.54, 1.807) is 0 Å². The molecule has 2 atom stereocenters. The zero-order chi connectivity index (χ0) is 14.0. The van der Waals surface area contributed by atoms with E-state index >= 15 is 0 Å². The van der Waals surface area contributed by atoms with Crippen molar-refractivity contribution in [2.24, 2.45) is 0 Å². The molecule has 5 nitrogen and oxygen atoms in total. The molecule has 1 saturated carbocycles. The average molecular weight is 297 g/mol. The zero-order valence-corrected chi connectivity index (χ0v) is 12.6. The van der Waals surface area contributed by atoms with Crippen molar-refractivity contribution in [2.45, 2.75) is 62.6 Å². The molecule has 2 aliphatic heterocycles. The molecule has 6 heteroatoms. The minimum atomic E-state index is -0.343. The van der Waals surface area contributed by atoms with Crippen LogP contribution in [0.1, 0.15) is 44.9 Å². The van der Waals surface area contributed by atoms with Gasteiger partial charge in [0.05, 0.1) is 0 Å². The number of hydrogen-bond acceptors (Lipinski definition) is 4. The Kier molecular flexibility index (Phi) is 4.21. The minimum absolute atomic E-state index is 0.0128. The summed E-state index contributed by atoms with van der Waals surface area (Å²) in [5.74, 6) is 0.544. The number of thioether (sulfide) groups is 1. The van der Waals surface area contributed by atoms with Crippen LogP contribution in [0.25, 0.3) is 0 Å². The summed E-state index contributed by atoms with van der Waals surface area (Å²) in [4.78, 5) is 23.3. The molecule has 112 valence electrons. The number of carbonyl (C=O) groups is 2. The average Bonchev–Trinajstić information content (AvgIpc) is 2.86. The fourth-order valence-corrected chi connectivity index (χ4v) is 4.50. The Hall–Kier alpha value is -0.750. The summed E-state index contributed by atoms with van der Waals surface area (Å²) in [5.41, 5.74) is 0.252. The molecule has 20 heavy (non-hydrogen) atoms. The van der Waals surface area contributed by atoms with E-state index in [9.17, 15) is 9.59 Å². The molecule has 2 unspecified atom stereocenters. The highest BCUT2D eigenvalue weighted by molar-refractivity contribution is 8.14. The van der Waals surface area contributed by atoms with Gasteiger partial charge in [0.2, 0.25) is 5.91 Å². The van der Waals surface area contributed by atoms with Crippen LogP contribution in [0.4, 0.5) is 4.79 Å². The van der Waals surface area contributed by atoms with E-state index in [4.69, 9.17) is 0 Å². The lowest BCUT2D eigenvalue weighted by Crippen LogP contribution is -2.58. The van der Waals surface area contributed by atoms with Gasteiger partial charge in [-0.25, -0.2) is 0 Å². The number of amides is 2. The van der Waals surface area contributed by atoms with Crippen molar-refractivity contribution in [2.75, 3.05) is 12.3 Å². The lowest BCUT2D eigenvalue weighted by Gasteiger charge is -2.45. The number of carbonyl (C=O) groups excluding carboxylic acids is 2. The molecule has 1 aliphatic carbocycles. The van der Waals surface area contributed by atoms with E-state index in [1.165, 1.54) is 43.9 Å². The topological polar surface area (TPSA) is 70.2 Å². The van der Waals surface area contributed by atoms with Gasteiger partial charge in [0.1, 0.15) is 6.04 Å². The van der Waals surface area contributed by atoms with Crippen LogP contribution in [0.15, 0.2) is 0 Å². The summed E-state index contributed by atoms with van der Waals surface area (Å²) >= 11 is 1.19. The van der Waals surface area contributed by atoms with Gasteiger partial charge < -0.3 is 16.0 Å². The van der Waals surface area contributed by atoms with Crippen molar-refractivity contribution < 1.29 is 9.59 Å². The maximum Gasteiger partial charge on any atom is 0.279 e. The Balaban J connectivity index is 1.54. The van der Waals surface area contributed by atoms with Crippen molar-refractivity contribution in [3.8, 4) is 0 Å². The lowest BCUT2D eigenvalue weighted by molar-refractivity contribution is -0.123. The second-order valence-electron chi connectivity index (χ2n) is 6.26. The molecule has 2 heterocycles. The summed E-state index contributed by atoms with van der Waals surface area (Å²) in [6.45, 7) is 0.983. The first-order chi connectivity index (χ1) is 9.67. The quantitative estimate of drug-likeness (QED) is 0.720. The van der Waals surface area contributed by atoms with Gasteiger partial charge in [0.15, 0.2) is 0 Å². The van der Waals surface area contributed by atoms with Gasteiger partial charge in [0.25, 0.3) is 5.24 Å². The largest absolute Gasteiger partial charge is 0.351 e.